The number of aryl methyl sites for hydroxylation is 1. The zero-order chi connectivity index (χ0) is 16.7. The molecular weight excluding hydrogens is 306 g/mol. The second-order valence-electron chi connectivity index (χ2n) is 6.59. The van der Waals surface area contributed by atoms with Crippen molar-refractivity contribution < 1.29 is 9.59 Å². The lowest BCUT2D eigenvalue weighted by atomic mass is 9.99. The molecule has 24 heavy (non-hydrogen) atoms. The number of nitrogens with one attached hydrogen (secondary N) is 3. The maximum Gasteiger partial charge on any atom is 0.322 e. The molecule has 0 bridgehead atoms. The summed E-state index contributed by atoms with van der Waals surface area (Å²) in [6.45, 7) is 4.02. The number of benzene rings is 1. The smallest absolute Gasteiger partial charge is 0.322 e. The third kappa shape index (κ3) is 2.46. The molecule has 0 aliphatic carbocycles. The van der Waals surface area contributed by atoms with Crippen LogP contribution >= 0.6 is 0 Å². The van der Waals surface area contributed by atoms with E-state index in [1.165, 1.54) is 5.56 Å². The van der Waals surface area contributed by atoms with E-state index in [1.807, 2.05) is 6.20 Å². The van der Waals surface area contributed by atoms with Crippen LogP contribution in [0.4, 0.5) is 4.79 Å². The highest BCUT2D eigenvalue weighted by Crippen LogP contribution is 2.28. The molecule has 3 heterocycles. The van der Waals surface area contributed by atoms with Gasteiger partial charge in [0.15, 0.2) is 0 Å². The number of aromatic nitrogens is 2. The number of imide groups is 1. The molecule has 7 nitrogen and oxygen atoms in total. The van der Waals surface area contributed by atoms with Crippen LogP contribution in [-0.2, 0) is 11.3 Å². The average molecular weight is 325 g/mol. The normalized spacial score (nSPS) is 23.7. The van der Waals surface area contributed by atoms with Crippen LogP contribution in [0.15, 0.2) is 30.5 Å². The quantitative estimate of drug-likeness (QED) is 0.739. The van der Waals surface area contributed by atoms with Gasteiger partial charge >= 0.3 is 6.03 Å². The summed E-state index contributed by atoms with van der Waals surface area (Å²) in [4.78, 5) is 25.6. The number of carbonyl (C=O) groups excluding carboxylic acids is 2. The number of H-pyrrole nitrogens is 1. The number of urea groups is 1. The standard InChI is InChI=1S/C17H19N5O2/c1-11-2-4-12(5-3-11)14-13(8-18-21-14)9-22-7-6-17(10-22)15(23)19-16(24)20-17/h2-5,8H,6-7,9-10H2,1H3,(H,18,21)(H2,19,20,23,24). The van der Waals surface area contributed by atoms with E-state index >= 15 is 0 Å². The summed E-state index contributed by atoms with van der Waals surface area (Å²) in [6, 6.07) is 7.89. The predicted molar refractivity (Wildman–Crippen MR) is 88.1 cm³/mol. The first kappa shape index (κ1) is 14.9. The molecule has 124 valence electrons. The third-order valence-corrected chi connectivity index (χ3v) is 4.81. The molecule has 3 amide bonds. The van der Waals surface area contributed by atoms with E-state index in [9.17, 15) is 9.59 Å². The first-order chi connectivity index (χ1) is 11.6. The molecule has 0 saturated carbocycles. The summed E-state index contributed by atoms with van der Waals surface area (Å²) in [5.41, 5.74) is 3.61. The topological polar surface area (TPSA) is 90.1 Å². The maximum absolute atomic E-state index is 12.0. The minimum atomic E-state index is -0.773. The van der Waals surface area contributed by atoms with Crippen LogP contribution in [0.5, 0.6) is 0 Å². The van der Waals surface area contributed by atoms with Gasteiger partial charge < -0.3 is 5.32 Å². The molecule has 2 aliphatic heterocycles. The van der Waals surface area contributed by atoms with Crippen molar-refractivity contribution in [2.75, 3.05) is 13.1 Å². The Morgan fingerprint density at radius 3 is 2.75 bits per heavy atom. The largest absolute Gasteiger partial charge is 0.322 e. The Bertz CT molecular complexity index is 798. The van der Waals surface area contributed by atoms with E-state index in [0.29, 0.717) is 19.5 Å². The van der Waals surface area contributed by atoms with E-state index in [0.717, 1.165) is 23.4 Å². The fraction of sp³-hybridized carbons (Fsp3) is 0.353. The number of likely N-dealkylation sites (tertiary alicyclic amines) is 1. The molecule has 3 N–H and O–H groups in total. The number of rotatable bonds is 3. The van der Waals surface area contributed by atoms with Gasteiger partial charge in [-0.25, -0.2) is 4.79 Å². The van der Waals surface area contributed by atoms with Crippen LogP contribution in [0, 0.1) is 6.92 Å². The molecule has 2 fully saturated rings. The van der Waals surface area contributed by atoms with Crippen LogP contribution in [0.25, 0.3) is 11.3 Å². The summed E-state index contributed by atoms with van der Waals surface area (Å²) in [5.74, 6) is -0.221. The zero-order valence-corrected chi connectivity index (χ0v) is 13.4. The van der Waals surface area contributed by atoms with Crippen LogP contribution in [0.3, 0.4) is 0 Å². The highest BCUT2D eigenvalue weighted by molar-refractivity contribution is 6.07. The summed E-state index contributed by atoms with van der Waals surface area (Å²) in [6.07, 6.45) is 2.45. The van der Waals surface area contributed by atoms with Crippen molar-refractivity contribution in [3.63, 3.8) is 0 Å². The lowest BCUT2D eigenvalue weighted by Gasteiger charge is -2.21. The number of carbonyl (C=O) groups is 2. The van der Waals surface area contributed by atoms with E-state index in [-0.39, 0.29) is 5.91 Å². The van der Waals surface area contributed by atoms with Crippen LogP contribution in [0.2, 0.25) is 0 Å². The van der Waals surface area contributed by atoms with Crippen molar-refractivity contribution in [1.82, 2.24) is 25.7 Å². The Kier molecular flexibility index (Phi) is 3.38. The average Bonchev–Trinajstić information content (AvgIpc) is 3.23. The van der Waals surface area contributed by atoms with Gasteiger partial charge in [-0.1, -0.05) is 29.8 Å². The van der Waals surface area contributed by atoms with Crippen LogP contribution in [-0.4, -0.2) is 45.7 Å². The first-order valence-corrected chi connectivity index (χ1v) is 8.01. The molecule has 2 aliphatic rings. The fourth-order valence-electron chi connectivity index (χ4n) is 3.48. The highest BCUT2D eigenvalue weighted by atomic mass is 16.2. The molecule has 2 saturated heterocycles. The number of nitrogens with zero attached hydrogens (tertiary/aromatic N) is 2. The number of hydrogen-bond donors (Lipinski definition) is 3. The zero-order valence-electron chi connectivity index (χ0n) is 13.4. The Morgan fingerprint density at radius 1 is 1.25 bits per heavy atom. The van der Waals surface area contributed by atoms with Crippen molar-refractivity contribution in [2.24, 2.45) is 0 Å². The Labute approximate surface area is 139 Å². The van der Waals surface area contributed by atoms with Crippen molar-refractivity contribution in [3.05, 3.63) is 41.6 Å². The molecule has 4 rings (SSSR count). The summed E-state index contributed by atoms with van der Waals surface area (Å²) in [5, 5.41) is 12.4. The Balaban J connectivity index is 1.51. The van der Waals surface area contributed by atoms with Crippen molar-refractivity contribution in [1.29, 1.82) is 0 Å². The van der Waals surface area contributed by atoms with Gasteiger partial charge in [-0.05, 0) is 18.9 Å². The monoisotopic (exact) mass is 325 g/mol. The van der Waals surface area contributed by atoms with Gasteiger partial charge in [-0.2, -0.15) is 5.10 Å². The molecular formula is C17H19N5O2. The van der Waals surface area contributed by atoms with Gasteiger partial charge in [0.25, 0.3) is 5.91 Å². The van der Waals surface area contributed by atoms with Gasteiger partial charge in [-0.15, -0.1) is 0 Å². The molecule has 2 aromatic rings. The maximum atomic E-state index is 12.0. The Hall–Kier alpha value is -2.67. The van der Waals surface area contributed by atoms with Gasteiger partial charge in [0.1, 0.15) is 5.54 Å². The fourth-order valence-corrected chi connectivity index (χ4v) is 3.48. The Morgan fingerprint density at radius 2 is 2.04 bits per heavy atom. The van der Waals surface area contributed by atoms with Gasteiger partial charge in [0.05, 0.1) is 11.9 Å². The lowest BCUT2D eigenvalue weighted by Crippen LogP contribution is -2.48. The van der Waals surface area contributed by atoms with Crippen LogP contribution < -0.4 is 10.6 Å². The van der Waals surface area contributed by atoms with Gasteiger partial charge in [-0.3, -0.25) is 20.1 Å². The van der Waals surface area contributed by atoms with Gasteiger partial charge in [0, 0.05) is 25.2 Å². The molecule has 1 atom stereocenters. The minimum absolute atomic E-state index is 0.221. The van der Waals surface area contributed by atoms with E-state index < -0.39 is 11.6 Å². The van der Waals surface area contributed by atoms with E-state index in [1.54, 1.807) is 0 Å². The minimum Gasteiger partial charge on any atom is -0.322 e. The van der Waals surface area contributed by atoms with Crippen molar-refractivity contribution in [2.45, 2.75) is 25.4 Å². The molecule has 1 spiro atoms. The number of amides is 3. The molecule has 0 radical (unpaired) electrons. The number of aromatic amines is 1. The number of hydrogen-bond acceptors (Lipinski definition) is 4. The lowest BCUT2D eigenvalue weighted by molar-refractivity contribution is -0.123. The van der Waals surface area contributed by atoms with Gasteiger partial charge in [0.2, 0.25) is 0 Å². The SMILES string of the molecule is Cc1ccc(-c2[nH]ncc2CN2CCC3(C2)NC(=O)NC3=O)cc1. The molecule has 1 aromatic heterocycles. The van der Waals surface area contributed by atoms with Crippen molar-refractivity contribution in [3.8, 4) is 11.3 Å². The molecule has 1 aromatic carbocycles. The van der Waals surface area contributed by atoms with E-state index in [2.05, 4.69) is 56.9 Å². The summed E-state index contributed by atoms with van der Waals surface area (Å²) >= 11 is 0. The second-order valence-corrected chi connectivity index (χ2v) is 6.59. The first-order valence-electron chi connectivity index (χ1n) is 8.01. The second kappa shape index (κ2) is 5.45. The van der Waals surface area contributed by atoms with Crippen LogP contribution in [0.1, 0.15) is 17.5 Å². The van der Waals surface area contributed by atoms with E-state index in [4.69, 9.17) is 0 Å². The highest BCUT2D eigenvalue weighted by Gasteiger charge is 2.50. The molecule has 7 heteroatoms. The van der Waals surface area contributed by atoms with Crippen molar-refractivity contribution >= 4 is 11.9 Å². The summed E-state index contributed by atoms with van der Waals surface area (Å²) < 4.78 is 0. The third-order valence-electron chi connectivity index (χ3n) is 4.81. The molecule has 1 unspecified atom stereocenters. The predicted octanol–water partition coefficient (Wildman–Crippen LogP) is 1.17. The summed E-state index contributed by atoms with van der Waals surface area (Å²) in [7, 11) is 0.